The SMILES string of the molecule is O=C(O)C12C=CC(=N1)C=c1ccc([nH]1)=Cc1ccc([nH]1)C=C1C=CC(=N1)C2. The van der Waals surface area contributed by atoms with Gasteiger partial charge < -0.3 is 15.1 Å². The highest BCUT2D eigenvalue weighted by atomic mass is 16.4. The summed E-state index contributed by atoms with van der Waals surface area (Å²) in [5.41, 5.74) is 2.71. The summed E-state index contributed by atoms with van der Waals surface area (Å²) in [4.78, 5) is 27.7. The minimum Gasteiger partial charge on any atom is -0.479 e. The molecule has 6 heteroatoms. The number of aromatic amines is 2. The zero-order valence-corrected chi connectivity index (χ0v) is 14.3. The summed E-state index contributed by atoms with van der Waals surface area (Å²) in [7, 11) is 0. The lowest BCUT2D eigenvalue weighted by Crippen LogP contribution is -2.35. The standard InChI is InChI=1S/C21H16N4O2/c26-20(27)21-8-7-18(25-21)11-17-4-3-14(23-17)9-13-1-2-15(22-13)10-16-5-6-19(12-21)24-16/h1-11,22-23H,12H2,(H,26,27). The molecule has 6 nitrogen and oxygen atoms in total. The second-order valence-electron chi connectivity index (χ2n) is 6.81. The van der Waals surface area contributed by atoms with Crippen LogP contribution in [0.4, 0.5) is 0 Å². The maximum Gasteiger partial charge on any atom is 0.336 e. The van der Waals surface area contributed by atoms with E-state index in [0.29, 0.717) is 11.4 Å². The zero-order chi connectivity index (χ0) is 18.4. The summed E-state index contributed by atoms with van der Waals surface area (Å²) >= 11 is 0. The van der Waals surface area contributed by atoms with E-state index in [1.165, 1.54) is 0 Å². The van der Waals surface area contributed by atoms with Gasteiger partial charge >= 0.3 is 5.97 Å². The maximum absolute atomic E-state index is 12.0. The van der Waals surface area contributed by atoms with Crippen LogP contribution in [0.2, 0.25) is 0 Å². The molecular formula is C21H16N4O2. The number of fused-ring (bicyclic) bond motifs is 6. The molecule has 0 saturated carbocycles. The first-order valence-electron chi connectivity index (χ1n) is 8.65. The van der Waals surface area contributed by atoms with Crippen LogP contribution >= 0.6 is 0 Å². The van der Waals surface area contributed by atoms with E-state index in [0.717, 1.165) is 27.8 Å². The molecule has 0 aromatic carbocycles. The van der Waals surface area contributed by atoms with Crippen molar-refractivity contribution in [1.82, 2.24) is 9.97 Å². The number of aliphatic imine (C=N–C) groups is 2. The molecule has 3 N–H and O–H groups in total. The van der Waals surface area contributed by atoms with Crippen molar-refractivity contribution in [1.29, 1.82) is 0 Å². The molecule has 0 amide bonds. The summed E-state index contributed by atoms with van der Waals surface area (Å²) in [5, 5.41) is 11.6. The van der Waals surface area contributed by atoms with Gasteiger partial charge in [-0.15, -0.1) is 0 Å². The van der Waals surface area contributed by atoms with E-state index >= 15 is 0 Å². The fraction of sp³-hybridized carbons (Fsp3) is 0.0952. The predicted octanol–water partition coefficient (Wildman–Crippen LogP) is 1.54. The van der Waals surface area contributed by atoms with E-state index < -0.39 is 11.5 Å². The molecule has 3 aliphatic heterocycles. The number of nitrogens with zero attached hydrogens (tertiary/aromatic N) is 2. The summed E-state index contributed by atoms with van der Waals surface area (Å²) in [5.74, 6) is -0.980. The Balaban J connectivity index is 1.70. The number of aromatic nitrogens is 2. The first-order valence-corrected chi connectivity index (χ1v) is 8.65. The quantitative estimate of drug-likeness (QED) is 0.723. The molecule has 0 aliphatic carbocycles. The molecule has 0 fully saturated rings. The van der Waals surface area contributed by atoms with Crippen molar-refractivity contribution in [3.05, 3.63) is 76.4 Å². The van der Waals surface area contributed by atoms with Crippen LogP contribution in [0.5, 0.6) is 0 Å². The number of rotatable bonds is 1. The molecule has 0 saturated heterocycles. The first-order chi connectivity index (χ1) is 13.1. The molecule has 2 aromatic heterocycles. The predicted molar refractivity (Wildman–Crippen MR) is 105 cm³/mol. The molecule has 132 valence electrons. The summed E-state index contributed by atoms with van der Waals surface area (Å²) in [6, 6.07) is 7.92. The Morgan fingerprint density at radius 1 is 0.963 bits per heavy atom. The Hall–Kier alpha value is -3.67. The third-order valence-electron chi connectivity index (χ3n) is 4.78. The molecule has 2 aromatic rings. The monoisotopic (exact) mass is 356 g/mol. The third-order valence-corrected chi connectivity index (χ3v) is 4.78. The lowest BCUT2D eigenvalue weighted by atomic mass is 9.94. The van der Waals surface area contributed by atoms with Gasteiger partial charge in [0.15, 0.2) is 5.54 Å². The van der Waals surface area contributed by atoms with Gasteiger partial charge in [0.05, 0.1) is 11.4 Å². The number of hydrogen-bond acceptors (Lipinski definition) is 3. The van der Waals surface area contributed by atoms with Gasteiger partial charge in [0.2, 0.25) is 0 Å². The van der Waals surface area contributed by atoms with Crippen molar-refractivity contribution in [2.24, 2.45) is 9.98 Å². The van der Waals surface area contributed by atoms with Crippen molar-refractivity contribution < 1.29 is 9.90 Å². The smallest absolute Gasteiger partial charge is 0.336 e. The summed E-state index contributed by atoms with van der Waals surface area (Å²) < 4.78 is 0. The highest BCUT2D eigenvalue weighted by molar-refractivity contribution is 6.20. The van der Waals surface area contributed by atoms with Crippen LogP contribution < -0.4 is 10.7 Å². The fourth-order valence-corrected chi connectivity index (χ4v) is 3.46. The number of carboxylic acid groups (broad SMARTS) is 1. The normalized spacial score (nSPS) is 22.6. The van der Waals surface area contributed by atoms with Gasteiger partial charge in [-0.3, -0.25) is 9.98 Å². The number of nitrogens with one attached hydrogen (secondary N) is 2. The number of allylic oxidation sites excluding steroid dienone is 3. The van der Waals surface area contributed by atoms with E-state index in [-0.39, 0.29) is 6.42 Å². The van der Waals surface area contributed by atoms with Crippen LogP contribution in [0.1, 0.15) is 17.8 Å². The van der Waals surface area contributed by atoms with Crippen LogP contribution in [0.3, 0.4) is 0 Å². The van der Waals surface area contributed by atoms with Gasteiger partial charge in [-0.1, -0.05) is 0 Å². The maximum atomic E-state index is 12.0. The molecule has 3 aliphatic rings. The fourth-order valence-electron chi connectivity index (χ4n) is 3.46. The molecule has 8 bridgehead atoms. The zero-order valence-electron chi connectivity index (χ0n) is 14.3. The molecule has 1 unspecified atom stereocenters. The van der Waals surface area contributed by atoms with E-state index in [4.69, 9.17) is 0 Å². The highest BCUT2D eigenvalue weighted by Crippen LogP contribution is 2.28. The summed E-state index contributed by atoms with van der Waals surface area (Å²) in [6.07, 6.45) is 13.1. The third kappa shape index (κ3) is 2.81. The molecular weight excluding hydrogens is 340 g/mol. The van der Waals surface area contributed by atoms with Gasteiger partial charge in [-0.25, -0.2) is 4.79 Å². The van der Waals surface area contributed by atoms with Gasteiger partial charge in [-0.2, -0.15) is 0 Å². The van der Waals surface area contributed by atoms with Gasteiger partial charge in [0.1, 0.15) is 0 Å². The van der Waals surface area contributed by atoms with Crippen molar-refractivity contribution in [2.75, 3.05) is 0 Å². The highest BCUT2D eigenvalue weighted by Gasteiger charge is 2.39. The van der Waals surface area contributed by atoms with Crippen LogP contribution in [0.15, 0.2) is 64.3 Å². The van der Waals surface area contributed by atoms with Crippen molar-refractivity contribution in [2.45, 2.75) is 12.0 Å². The Labute approximate surface area is 154 Å². The second kappa shape index (κ2) is 5.67. The van der Waals surface area contributed by atoms with E-state index in [1.54, 1.807) is 12.2 Å². The summed E-state index contributed by atoms with van der Waals surface area (Å²) in [6.45, 7) is 0. The number of carboxylic acids is 1. The van der Waals surface area contributed by atoms with Crippen molar-refractivity contribution in [3.8, 4) is 0 Å². The average Bonchev–Trinajstić information content (AvgIpc) is 3.39. The lowest BCUT2D eigenvalue weighted by molar-refractivity contribution is -0.140. The first kappa shape index (κ1) is 15.6. The van der Waals surface area contributed by atoms with Gasteiger partial charge in [0, 0.05) is 34.2 Å². The average molecular weight is 356 g/mol. The van der Waals surface area contributed by atoms with Crippen LogP contribution in [-0.2, 0) is 4.79 Å². The minimum absolute atomic E-state index is 0.212. The Kier molecular flexibility index (Phi) is 3.27. The largest absolute Gasteiger partial charge is 0.479 e. The van der Waals surface area contributed by atoms with E-state index in [1.807, 2.05) is 54.6 Å². The number of H-pyrrole nitrogens is 2. The Bertz CT molecular complexity index is 1230. The number of aliphatic carboxylic acids is 1. The number of hydrogen-bond donors (Lipinski definition) is 3. The Morgan fingerprint density at radius 2 is 1.74 bits per heavy atom. The van der Waals surface area contributed by atoms with Crippen LogP contribution in [-0.4, -0.2) is 38.0 Å². The topological polar surface area (TPSA) is 93.6 Å². The Morgan fingerprint density at radius 3 is 2.56 bits per heavy atom. The van der Waals surface area contributed by atoms with Crippen molar-refractivity contribution in [3.63, 3.8) is 0 Å². The lowest BCUT2D eigenvalue weighted by Gasteiger charge is -2.18. The van der Waals surface area contributed by atoms with Crippen LogP contribution in [0, 0.1) is 0 Å². The molecule has 0 spiro atoms. The van der Waals surface area contributed by atoms with Gasteiger partial charge in [0.25, 0.3) is 0 Å². The molecule has 27 heavy (non-hydrogen) atoms. The van der Waals surface area contributed by atoms with Gasteiger partial charge in [-0.05, 0) is 66.8 Å². The van der Waals surface area contributed by atoms with Crippen LogP contribution in [0.25, 0.3) is 18.2 Å². The minimum atomic E-state index is -1.32. The molecule has 0 radical (unpaired) electrons. The van der Waals surface area contributed by atoms with Crippen molar-refractivity contribution >= 4 is 35.6 Å². The van der Waals surface area contributed by atoms with E-state index in [2.05, 4.69) is 20.0 Å². The molecule has 5 heterocycles. The molecule has 1 atom stereocenters. The number of carbonyl (C=O) groups is 1. The molecule has 5 rings (SSSR count). The van der Waals surface area contributed by atoms with E-state index in [9.17, 15) is 9.90 Å². The second-order valence-corrected chi connectivity index (χ2v) is 6.81.